The van der Waals surface area contributed by atoms with Crippen molar-refractivity contribution in [3.05, 3.63) is 48.3 Å². The first-order chi connectivity index (χ1) is 17.3. The molecular formula is C28H34N4O3S. The Morgan fingerprint density at radius 1 is 1.11 bits per heavy atom. The Kier molecular flexibility index (Phi) is 7.14. The molecule has 2 aromatic heterocycles. The fourth-order valence-corrected chi connectivity index (χ4v) is 5.63. The number of amides is 1. The summed E-state index contributed by atoms with van der Waals surface area (Å²) in [7, 11) is 0. The summed E-state index contributed by atoms with van der Waals surface area (Å²) in [6.07, 6.45) is 12.5. The lowest BCUT2D eigenvalue weighted by molar-refractivity contribution is 0.0270. The van der Waals surface area contributed by atoms with Crippen LogP contribution in [0.25, 0.3) is 15.8 Å². The number of nitrogens with zero attached hydrogens (tertiary/aromatic N) is 3. The molecule has 1 aliphatic heterocycles. The van der Waals surface area contributed by atoms with Gasteiger partial charge in [0.1, 0.15) is 17.1 Å². The molecule has 1 saturated carbocycles. The van der Waals surface area contributed by atoms with Crippen molar-refractivity contribution in [2.24, 2.45) is 0 Å². The van der Waals surface area contributed by atoms with Gasteiger partial charge in [0.2, 0.25) is 0 Å². The molecule has 0 saturated heterocycles. The van der Waals surface area contributed by atoms with Gasteiger partial charge in [0.05, 0.1) is 16.4 Å². The van der Waals surface area contributed by atoms with Gasteiger partial charge in [0.25, 0.3) is 0 Å². The van der Waals surface area contributed by atoms with Gasteiger partial charge in [-0.2, -0.15) is 0 Å². The predicted octanol–water partition coefficient (Wildman–Crippen LogP) is 7.25. The van der Waals surface area contributed by atoms with Crippen LogP contribution in [-0.4, -0.2) is 45.7 Å². The highest BCUT2D eigenvalue weighted by Gasteiger charge is 2.24. The summed E-state index contributed by atoms with van der Waals surface area (Å²) < 4.78 is 12.8. The molecule has 7 nitrogen and oxygen atoms in total. The maximum absolute atomic E-state index is 12.3. The second-order valence-corrected chi connectivity index (χ2v) is 11.6. The van der Waals surface area contributed by atoms with Crippen LogP contribution in [0.5, 0.6) is 11.5 Å². The fraction of sp³-hybridized carbons (Fsp3) is 0.464. The van der Waals surface area contributed by atoms with Crippen molar-refractivity contribution in [2.75, 3.05) is 18.4 Å². The van der Waals surface area contributed by atoms with E-state index >= 15 is 0 Å². The molecule has 1 fully saturated rings. The fourth-order valence-electron chi connectivity index (χ4n) is 4.66. The first kappa shape index (κ1) is 24.6. The van der Waals surface area contributed by atoms with Crippen LogP contribution in [0, 0.1) is 0 Å². The summed E-state index contributed by atoms with van der Waals surface area (Å²) in [5, 5.41) is 4.61. The van der Waals surface area contributed by atoms with E-state index in [2.05, 4.69) is 16.4 Å². The molecule has 36 heavy (non-hydrogen) atoms. The normalized spacial score (nSPS) is 17.1. The third-order valence-electron chi connectivity index (χ3n) is 6.47. The SMILES string of the molecule is CC(C)(C)OC(=O)N1CC=C(c2cncc(Oc3ccc4nc(NC5CCCCC5)sc4c3)c2)CC1. The molecule has 1 aromatic carbocycles. The Labute approximate surface area is 216 Å². The maximum atomic E-state index is 12.3. The van der Waals surface area contributed by atoms with E-state index in [-0.39, 0.29) is 6.09 Å². The molecule has 1 aliphatic carbocycles. The molecule has 3 heterocycles. The summed E-state index contributed by atoms with van der Waals surface area (Å²) >= 11 is 1.68. The summed E-state index contributed by atoms with van der Waals surface area (Å²) in [4.78, 5) is 23.2. The van der Waals surface area contributed by atoms with E-state index in [0.29, 0.717) is 24.9 Å². The zero-order valence-corrected chi connectivity index (χ0v) is 22.1. The topological polar surface area (TPSA) is 76.6 Å². The van der Waals surface area contributed by atoms with Gasteiger partial charge in [-0.1, -0.05) is 36.7 Å². The molecule has 190 valence electrons. The Morgan fingerprint density at radius 2 is 1.94 bits per heavy atom. The van der Waals surface area contributed by atoms with Crippen molar-refractivity contribution in [3.8, 4) is 11.5 Å². The number of rotatable bonds is 5. The summed E-state index contributed by atoms with van der Waals surface area (Å²) in [6, 6.07) is 8.56. The maximum Gasteiger partial charge on any atom is 0.410 e. The zero-order chi connectivity index (χ0) is 25.1. The van der Waals surface area contributed by atoms with E-state index in [0.717, 1.165) is 38.7 Å². The Morgan fingerprint density at radius 3 is 2.69 bits per heavy atom. The van der Waals surface area contributed by atoms with Gasteiger partial charge in [0.15, 0.2) is 5.13 Å². The average molecular weight is 507 g/mol. The summed E-state index contributed by atoms with van der Waals surface area (Å²) in [6.45, 7) is 6.79. The van der Waals surface area contributed by atoms with E-state index in [1.807, 2.05) is 51.2 Å². The number of carbonyl (C=O) groups excluding carboxylic acids is 1. The molecule has 1 amide bonds. The van der Waals surface area contributed by atoms with Crippen molar-refractivity contribution >= 4 is 38.4 Å². The average Bonchev–Trinajstić information content (AvgIpc) is 3.25. The predicted molar refractivity (Wildman–Crippen MR) is 145 cm³/mol. The van der Waals surface area contributed by atoms with Crippen LogP contribution in [0.4, 0.5) is 9.93 Å². The standard InChI is InChI=1S/C28H34N4O3S/c1-28(2,3)35-27(33)32-13-11-19(12-14-32)20-15-23(18-29-17-20)34-22-9-10-24-25(16-22)36-26(31-24)30-21-7-5-4-6-8-21/h9-11,15-18,21H,4-8,12-14H2,1-3H3,(H,30,31). The van der Waals surface area contributed by atoms with Crippen molar-refractivity contribution in [2.45, 2.75) is 70.9 Å². The Bertz CT molecular complexity index is 1260. The summed E-state index contributed by atoms with van der Waals surface area (Å²) in [5.74, 6) is 1.45. The molecule has 0 atom stereocenters. The van der Waals surface area contributed by atoms with Gasteiger partial charge < -0.3 is 19.7 Å². The highest BCUT2D eigenvalue weighted by Crippen LogP contribution is 2.33. The van der Waals surface area contributed by atoms with Crippen LogP contribution in [0.3, 0.4) is 0 Å². The minimum Gasteiger partial charge on any atom is -0.456 e. The van der Waals surface area contributed by atoms with Gasteiger partial charge in [0, 0.05) is 31.4 Å². The number of hydrogen-bond acceptors (Lipinski definition) is 7. The van der Waals surface area contributed by atoms with Crippen LogP contribution in [0.2, 0.25) is 0 Å². The number of anilines is 1. The number of nitrogens with one attached hydrogen (secondary N) is 1. The smallest absolute Gasteiger partial charge is 0.410 e. The van der Waals surface area contributed by atoms with Gasteiger partial charge in [-0.3, -0.25) is 4.98 Å². The van der Waals surface area contributed by atoms with E-state index in [1.54, 1.807) is 22.4 Å². The highest BCUT2D eigenvalue weighted by molar-refractivity contribution is 7.22. The van der Waals surface area contributed by atoms with Crippen LogP contribution in [0.1, 0.15) is 64.9 Å². The van der Waals surface area contributed by atoms with E-state index in [9.17, 15) is 4.79 Å². The number of thiazole rings is 1. The highest BCUT2D eigenvalue weighted by atomic mass is 32.1. The molecule has 2 aliphatic rings. The number of pyridine rings is 1. The van der Waals surface area contributed by atoms with Crippen molar-refractivity contribution in [1.29, 1.82) is 0 Å². The molecule has 0 spiro atoms. The molecule has 0 radical (unpaired) electrons. The first-order valence-corrected chi connectivity index (χ1v) is 13.6. The van der Waals surface area contributed by atoms with E-state index < -0.39 is 5.60 Å². The van der Waals surface area contributed by atoms with Crippen LogP contribution in [0.15, 0.2) is 42.7 Å². The lowest BCUT2D eigenvalue weighted by atomic mass is 9.96. The third-order valence-corrected chi connectivity index (χ3v) is 7.42. The van der Waals surface area contributed by atoms with Gasteiger partial charge >= 0.3 is 6.09 Å². The number of hydrogen-bond donors (Lipinski definition) is 1. The quantitative estimate of drug-likeness (QED) is 0.393. The molecule has 0 unspecified atom stereocenters. The molecule has 8 heteroatoms. The van der Waals surface area contributed by atoms with Crippen LogP contribution in [-0.2, 0) is 4.74 Å². The minimum absolute atomic E-state index is 0.274. The van der Waals surface area contributed by atoms with Crippen molar-refractivity contribution < 1.29 is 14.3 Å². The molecule has 1 N–H and O–H groups in total. The van der Waals surface area contributed by atoms with Crippen molar-refractivity contribution in [3.63, 3.8) is 0 Å². The zero-order valence-electron chi connectivity index (χ0n) is 21.3. The number of benzene rings is 1. The lowest BCUT2D eigenvalue weighted by Crippen LogP contribution is -2.39. The van der Waals surface area contributed by atoms with Gasteiger partial charge in [-0.05, 0) is 69.4 Å². The number of fused-ring (bicyclic) bond motifs is 1. The molecule has 0 bridgehead atoms. The van der Waals surface area contributed by atoms with Gasteiger partial charge in [-0.15, -0.1) is 0 Å². The third kappa shape index (κ3) is 6.16. The summed E-state index contributed by atoms with van der Waals surface area (Å²) in [5.41, 5.74) is 2.66. The monoisotopic (exact) mass is 506 g/mol. The molecule has 5 rings (SSSR count). The second kappa shape index (κ2) is 10.5. The number of carbonyl (C=O) groups is 1. The van der Waals surface area contributed by atoms with E-state index in [4.69, 9.17) is 14.5 Å². The Balaban J connectivity index is 1.24. The minimum atomic E-state index is -0.494. The first-order valence-electron chi connectivity index (χ1n) is 12.8. The van der Waals surface area contributed by atoms with Crippen molar-refractivity contribution in [1.82, 2.24) is 14.9 Å². The Hall–Kier alpha value is -3.13. The number of aromatic nitrogens is 2. The van der Waals surface area contributed by atoms with Crippen LogP contribution >= 0.6 is 11.3 Å². The second-order valence-electron chi connectivity index (χ2n) is 10.5. The number of ether oxygens (including phenoxy) is 2. The van der Waals surface area contributed by atoms with Gasteiger partial charge in [-0.25, -0.2) is 9.78 Å². The lowest BCUT2D eigenvalue weighted by Gasteiger charge is -2.29. The largest absolute Gasteiger partial charge is 0.456 e. The van der Waals surface area contributed by atoms with E-state index in [1.165, 1.54) is 32.1 Å². The molecular weight excluding hydrogens is 472 g/mol. The molecule has 3 aromatic rings. The van der Waals surface area contributed by atoms with Crippen LogP contribution < -0.4 is 10.1 Å².